The van der Waals surface area contributed by atoms with E-state index in [0.717, 1.165) is 0 Å². The lowest BCUT2D eigenvalue weighted by atomic mass is 10.1. The van der Waals surface area contributed by atoms with Gasteiger partial charge in [-0.2, -0.15) is 0 Å². The minimum absolute atomic E-state index is 0.0452. The average Bonchev–Trinajstić information content (AvgIpc) is 2.29. The number of nitrogens with zero attached hydrogens (tertiary/aromatic N) is 1. The van der Waals surface area contributed by atoms with Crippen molar-refractivity contribution in [3.8, 4) is 5.75 Å². The lowest BCUT2D eigenvalue weighted by Crippen LogP contribution is -2.10. The molecule has 6 nitrogen and oxygen atoms in total. The standard InChI is InChI=1S/C12H16BrNO5/c1-7(15)3-4-19-12-10(8(2)16)5-9(13)6-11(12)14(17)18/h5-8,15-16H,3-4H2,1-2H3. The number of halogens is 1. The van der Waals surface area contributed by atoms with E-state index in [-0.39, 0.29) is 18.0 Å². The molecular formula is C12H16BrNO5. The predicted molar refractivity (Wildman–Crippen MR) is 73.2 cm³/mol. The van der Waals surface area contributed by atoms with Crippen LogP contribution in [0.25, 0.3) is 0 Å². The van der Waals surface area contributed by atoms with Gasteiger partial charge in [0, 0.05) is 22.5 Å². The van der Waals surface area contributed by atoms with E-state index in [4.69, 9.17) is 9.84 Å². The van der Waals surface area contributed by atoms with Gasteiger partial charge in [-0.3, -0.25) is 10.1 Å². The van der Waals surface area contributed by atoms with Crippen LogP contribution in [0.2, 0.25) is 0 Å². The highest BCUT2D eigenvalue weighted by Gasteiger charge is 2.23. The zero-order valence-corrected chi connectivity index (χ0v) is 12.3. The first kappa shape index (κ1) is 15.9. The fourth-order valence-electron chi connectivity index (χ4n) is 1.53. The molecule has 0 saturated heterocycles. The van der Waals surface area contributed by atoms with Gasteiger partial charge >= 0.3 is 5.69 Å². The summed E-state index contributed by atoms with van der Waals surface area (Å²) in [5.41, 5.74) is 0.127. The van der Waals surface area contributed by atoms with Crippen molar-refractivity contribution in [3.05, 3.63) is 32.3 Å². The Morgan fingerprint density at radius 3 is 2.53 bits per heavy atom. The Balaban J connectivity index is 3.12. The second-order valence-electron chi connectivity index (χ2n) is 4.26. The van der Waals surface area contributed by atoms with Crippen molar-refractivity contribution < 1.29 is 19.9 Å². The maximum absolute atomic E-state index is 11.0. The molecule has 0 spiro atoms. The van der Waals surface area contributed by atoms with E-state index >= 15 is 0 Å². The number of benzene rings is 1. The number of ether oxygens (including phenoxy) is 1. The van der Waals surface area contributed by atoms with Gasteiger partial charge in [0.05, 0.1) is 23.7 Å². The van der Waals surface area contributed by atoms with E-state index < -0.39 is 17.1 Å². The molecule has 0 bridgehead atoms. The smallest absolute Gasteiger partial charge is 0.312 e. The third-order valence-corrected chi connectivity index (χ3v) is 2.95. The number of nitro groups is 1. The van der Waals surface area contributed by atoms with Crippen molar-refractivity contribution in [1.82, 2.24) is 0 Å². The first-order valence-corrected chi connectivity index (χ1v) is 6.59. The maximum atomic E-state index is 11.0. The third kappa shape index (κ3) is 4.45. The van der Waals surface area contributed by atoms with Crippen molar-refractivity contribution in [1.29, 1.82) is 0 Å². The van der Waals surface area contributed by atoms with Crippen molar-refractivity contribution in [2.24, 2.45) is 0 Å². The fraction of sp³-hybridized carbons (Fsp3) is 0.500. The van der Waals surface area contributed by atoms with Crippen molar-refractivity contribution >= 4 is 21.6 Å². The molecule has 0 saturated carbocycles. The Kier molecular flexibility index (Phi) is 5.71. The summed E-state index contributed by atoms with van der Waals surface area (Å²) in [6.07, 6.45) is -1.09. The highest BCUT2D eigenvalue weighted by Crippen LogP contribution is 2.37. The molecule has 0 amide bonds. The quantitative estimate of drug-likeness (QED) is 0.616. The molecule has 106 valence electrons. The summed E-state index contributed by atoms with van der Waals surface area (Å²) < 4.78 is 5.87. The number of hydrogen-bond donors (Lipinski definition) is 2. The van der Waals surface area contributed by atoms with Crippen LogP contribution in [0.1, 0.15) is 31.9 Å². The molecule has 0 aliphatic heterocycles. The van der Waals surface area contributed by atoms with Gasteiger partial charge in [0.2, 0.25) is 5.75 Å². The van der Waals surface area contributed by atoms with Gasteiger partial charge < -0.3 is 14.9 Å². The largest absolute Gasteiger partial charge is 0.486 e. The second-order valence-corrected chi connectivity index (χ2v) is 5.18. The Morgan fingerprint density at radius 2 is 2.05 bits per heavy atom. The molecule has 0 heterocycles. The summed E-state index contributed by atoms with van der Waals surface area (Å²) in [7, 11) is 0. The minimum atomic E-state index is -0.891. The first-order chi connectivity index (χ1) is 8.82. The van der Waals surface area contributed by atoms with Crippen LogP contribution in [-0.4, -0.2) is 27.8 Å². The Morgan fingerprint density at radius 1 is 1.42 bits per heavy atom. The van der Waals surface area contributed by atoms with E-state index in [0.29, 0.717) is 16.5 Å². The number of rotatable bonds is 6. The van der Waals surface area contributed by atoms with E-state index in [1.807, 2.05) is 0 Å². The monoisotopic (exact) mass is 333 g/mol. The zero-order chi connectivity index (χ0) is 14.6. The number of aliphatic hydroxyl groups excluding tert-OH is 2. The molecule has 2 N–H and O–H groups in total. The predicted octanol–water partition coefficient (Wildman–Crippen LogP) is 2.56. The summed E-state index contributed by atoms with van der Waals surface area (Å²) in [5, 5.41) is 29.9. The first-order valence-electron chi connectivity index (χ1n) is 5.79. The van der Waals surface area contributed by atoms with Gasteiger partial charge in [-0.1, -0.05) is 15.9 Å². The highest BCUT2D eigenvalue weighted by molar-refractivity contribution is 9.10. The molecule has 7 heteroatoms. The molecule has 2 unspecified atom stereocenters. The van der Waals surface area contributed by atoms with E-state index in [2.05, 4.69) is 15.9 Å². The van der Waals surface area contributed by atoms with Crippen LogP contribution in [0.5, 0.6) is 5.75 Å². The zero-order valence-electron chi connectivity index (χ0n) is 10.7. The maximum Gasteiger partial charge on any atom is 0.312 e. The molecule has 0 fully saturated rings. The van der Waals surface area contributed by atoms with Crippen LogP contribution in [0.15, 0.2) is 16.6 Å². The van der Waals surface area contributed by atoms with Crippen molar-refractivity contribution in [3.63, 3.8) is 0 Å². The molecule has 0 aliphatic rings. The van der Waals surface area contributed by atoms with Gasteiger partial charge in [0.1, 0.15) is 0 Å². The number of hydrogen-bond acceptors (Lipinski definition) is 5. The Bertz CT molecular complexity index is 462. The lowest BCUT2D eigenvalue weighted by molar-refractivity contribution is -0.386. The molecule has 0 aliphatic carbocycles. The second kappa shape index (κ2) is 6.83. The van der Waals surface area contributed by atoms with Crippen LogP contribution in [0.4, 0.5) is 5.69 Å². The van der Waals surface area contributed by atoms with Crippen molar-refractivity contribution in [2.75, 3.05) is 6.61 Å². The average molecular weight is 334 g/mol. The van der Waals surface area contributed by atoms with Gasteiger partial charge in [-0.05, 0) is 19.9 Å². The Labute approximate surface area is 119 Å². The molecule has 1 aromatic carbocycles. The molecule has 1 rings (SSSR count). The van der Waals surface area contributed by atoms with Gasteiger partial charge in [-0.15, -0.1) is 0 Å². The van der Waals surface area contributed by atoms with Crippen LogP contribution in [-0.2, 0) is 0 Å². The molecule has 2 atom stereocenters. The minimum Gasteiger partial charge on any atom is -0.486 e. The number of aliphatic hydroxyl groups is 2. The molecule has 0 aromatic heterocycles. The van der Waals surface area contributed by atoms with Gasteiger partial charge in [-0.25, -0.2) is 0 Å². The molecule has 19 heavy (non-hydrogen) atoms. The summed E-state index contributed by atoms with van der Waals surface area (Å²) in [6.45, 7) is 3.25. The molecule has 1 aromatic rings. The van der Waals surface area contributed by atoms with Crippen molar-refractivity contribution in [2.45, 2.75) is 32.5 Å². The summed E-state index contributed by atoms with van der Waals surface area (Å²) in [6, 6.07) is 2.90. The van der Waals surface area contributed by atoms with E-state index in [1.165, 1.54) is 13.0 Å². The molecular weight excluding hydrogens is 318 g/mol. The van der Waals surface area contributed by atoms with E-state index in [1.54, 1.807) is 13.0 Å². The van der Waals surface area contributed by atoms with Gasteiger partial charge in [0.25, 0.3) is 0 Å². The van der Waals surface area contributed by atoms with Crippen LogP contribution >= 0.6 is 15.9 Å². The molecule has 0 radical (unpaired) electrons. The van der Waals surface area contributed by atoms with Gasteiger partial charge in [0.15, 0.2) is 0 Å². The summed E-state index contributed by atoms with van der Waals surface area (Å²) in [4.78, 5) is 10.5. The van der Waals surface area contributed by atoms with E-state index in [9.17, 15) is 15.2 Å². The van der Waals surface area contributed by atoms with Crippen LogP contribution < -0.4 is 4.74 Å². The third-order valence-electron chi connectivity index (χ3n) is 2.49. The highest BCUT2D eigenvalue weighted by atomic mass is 79.9. The lowest BCUT2D eigenvalue weighted by Gasteiger charge is -2.14. The summed E-state index contributed by atoms with van der Waals surface area (Å²) >= 11 is 3.16. The number of nitro benzene ring substituents is 1. The van der Waals surface area contributed by atoms with Crippen LogP contribution in [0.3, 0.4) is 0 Å². The summed E-state index contributed by atoms with van der Waals surface area (Å²) in [5.74, 6) is 0.0452. The normalized spacial score (nSPS) is 13.9. The fourth-order valence-corrected chi connectivity index (χ4v) is 2.00. The Hall–Kier alpha value is -1.18. The van der Waals surface area contributed by atoms with Crippen LogP contribution in [0, 0.1) is 10.1 Å². The SMILES string of the molecule is CC(O)CCOc1c(C(C)O)cc(Br)cc1[N+](=O)[O-]. The topological polar surface area (TPSA) is 92.8 Å².